The average molecular weight is 294 g/mol. The van der Waals surface area contributed by atoms with E-state index in [2.05, 4.69) is 0 Å². The summed E-state index contributed by atoms with van der Waals surface area (Å²) in [5, 5.41) is 31.1. The Kier molecular flexibility index (Phi) is 3.22. The van der Waals surface area contributed by atoms with Crippen molar-refractivity contribution in [3.63, 3.8) is 0 Å². The number of hydrogen-bond donors (Lipinski definition) is 3. The standard InChI is InChI=1S/C18H14O4/c1-10-8-14(17(21)18(22)15(10)19)16(20)13-7-6-11-4-2-3-5-12(11)9-13/h2-9,19,21-22H,1H3. The van der Waals surface area contributed by atoms with E-state index in [4.69, 9.17) is 0 Å². The maximum atomic E-state index is 12.6. The van der Waals surface area contributed by atoms with Gasteiger partial charge in [-0.2, -0.15) is 0 Å². The third kappa shape index (κ3) is 2.15. The van der Waals surface area contributed by atoms with Crippen LogP contribution >= 0.6 is 0 Å². The predicted octanol–water partition coefficient (Wildman–Crippen LogP) is 3.50. The second-order valence-electron chi connectivity index (χ2n) is 5.18. The smallest absolute Gasteiger partial charge is 0.201 e. The predicted molar refractivity (Wildman–Crippen MR) is 83.6 cm³/mol. The minimum atomic E-state index is -0.677. The molecule has 0 unspecified atom stereocenters. The van der Waals surface area contributed by atoms with Gasteiger partial charge in [0.2, 0.25) is 5.75 Å². The molecule has 4 heteroatoms. The van der Waals surface area contributed by atoms with Crippen LogP contribution in [0.5, 0.6) is 17.2 Å². The summed E-state index contributed by atoms with van der Waals surface area (Å²) in [5.74, 6) is -2.13. The van der Waals surface area contributed by atoms with Gasteiger partial charge in [0.15, 0.2) is 17.3 Å². The lowest BCUT2D eigenvalue weighted by molar-refractivity contribution is 0.103. The number of ketones is 1. The van der Waals surface area contributed by atoms with Gasteiger partial charge in [0, 0.05) is 5.56 Å². The van der Waals surface area contributed by atoms with Crippen molar-refractivity contribution in [2.24, 2.45) is 0 Å². The topological polar surface area (TPSA) is 77.8 Å². The summed E-state index contributed by atoms with van der Waals surface area (Å²) in [4.78, 5) is 12.6. The molecule has 3 aromatic carbocycles. The Balaban J connectivity index is 2.13. The number of phenolic OH excluding ortho intramolecular Hbond substituents is 3. The van der Waals surface area contributed by atoms with Gasteiger partial charge in [0.05, 0.1) is 5.56 Å². The number of carbonyl (C=O) groups excluding carboxylic acids is 1. The van der Waals surface area contributed by atoms with E-state index in [1.54, 1.807) is 19.1 Å². The van der Waals surface area contributed by atoms with Crippen molar-refractivity contribution in [2.75, 3.05) is 0 Å². The van der Waals surface area contributed by atoms with Gasteiger partial charge in [-0.3, -0.25) is 4.79 Å². The quantitative estimate of drug-likeness (QED) is 0.499. The van der Waals surface area contributed by atoms with Crippen molar-refractivity contribution >= 4 is 16.6 Å². The van der Waals surface area contributed by atoms with Crippen molar-refractivity contribution in [2.45, 2.75) is 6.92 Å². The number of rotatable bonds is 2. The van der Waals surface area contributed by atoms with E-state index >= 15 is 0 Å². The highest BCUT2D eigenvalue weighted by molar-refractivity contribution is 6.12. The van der Waals surface area contributed by atoms with Crippen LogP contribution in [0.1, 0.15) is 21.5 Å². The summed E-state index contributed by atoms with van der Waals surface area (Å²) in [6.07, 6.45) is 0. The molecule has 0 radical (unpaired) electrons. The van der Waals surface area contributed by atoms with Crippen LogP contribution in [0.15, 0.2) is 48.5 Å². The Bertz CT molecular complexity index is 897. The lowest BCUT2D eigenvalue weighted by Crippen LogP contribution is -2.02. The van der Waals surface area contributed by atoms with Gasteiger partial charge < -0.3 is 15.3 Å². The van der Waals surface area contributed by atoms with E-state index in [-0.39, 0.29) is 5.56 Å². The Hall–Kier alpha value is -3.01. The molecule has 3 rings (SSSR count). The van der Waals surface area contributed by atoms with Crippen molar-refractivity contribution in [3.05, 3.63) is 65.2 Å². The average Bonchev–Trinajstić information content (AvgIpc) is 2.55. The van der Waals surface area contributed by atoms with Crippen molar-refractivity contribution in [3.8, 4) is 17.2 Å². The molecule has 0 spiro atoms. The van der Waals surface area contributed by atoms with Crippen LogP contribution in [-0.4, -0.2) is 21.1 Å². The molecule has 0 aliphatic carbocycles. The van der Waals surface area contributed by atoms with Crippen molar-refractivity contribution in [1.29, 1.82) is 0 Å². The fourth-order valence-electron chi connectivity index (χ4n) is 2.44. The van der Waals surface area contributed by atoms with Crippen LogP contribution in [0.2, 0.25) is 0 Å². The summed E-state index contributed by atoms with van der Waals surface area (Å²) in [5.41, 5.74) is 0.681. The highest BCUT2D eigenvalue weighted by Crippen LogP contribution is 2.40. The van der Waals surface area contributed by atoms with E-state index in [9.17, 15) is 20.1 Å². The Morgan fingerprint density at radius 3 is 2.23 bits per heavy atom. The van der Waals surface area contributed by atoms with E-state index in [0.29, 0.717) is 11.1 Å². The molecule has 0 saturated heterocycles. The maximum Gasteiger partial charge on any atom is 0.201 e. The molecule has 110 valence electrons. The van der Waals surface area contributed by atoms with Crippen molar-refractivity contribution < 1.29 is 20.1 Å². The van der Waals surface area contributed by atoms with E-state index in [0.717, 1.165) is 10.8 Å². The molecular weight excluding hydrogens is 280 g/mol. The SMILES string of the molecule is Cc1cc(C(=O)c2ccc3ccccc3c2)c(O)c(O)c1O. The van der Waals surface area contributed by atoms with Gasteiger partial charge >= 0.3 is 0 Å². The second kappa shape index (κ2) is 5.07. The third-order valence-corrected chi connectivity index (χ3v) is 3.69. The van der Waals surface area contributed by atoms with E-state index < -0.39 is 23.0 Å². The van der Waals surface area contributed by atoms with Gasteiger partial charge in [0.1, 0.15) is 0 Å². The number of carbonyl (C=O) groups is 1. The maximum absolute atomic E-state index is 12.6. The van der Waals surface area contributed by atoms with E-state index in [1.165, 1.54) is 6.07 Å². The first-order chi connectivity index (χ1) is 10.5. The van der Waals surface area contributed by atoms with Gasteiger partial charge in [-0.15, -0.1) is 0 Å². The number of benzene rings is 3. The second-order valence-corrected chi connectivity index (χ2v) is 5.18. The molecule has 0 bridgehead atoms. The molecule has 0 atom stereocenters. The zero-order valence-electron chi connectivity index (χ0n) is 11.9. The Morgan fingerprint density at radius 2 is 1.50 bits per heavy atom. The number of aromatic hydroxyl groups is 3. The molecule has 3 aromatic rings. The van der Waals surface area contributed by atoms with Gasteiger partial charge in [-0.1, -0.05) is 36.4 Å². The minimum Gasteiger partial charge on any atom is -0.504 e. The molecule has 4 nitrogen and oxygen atoms in total. The molecular formula is C18H14O4. The summed E-state index contributed by atoms with van der Waals surface area (Å²) < 4.78 is 0. The number of aryl methyl sites for hydroxylation is 1. The lowest BCUT2D eigenvalue weighted by atomic mass is 9.97. The van der Waals surface area contributed by atoms with Crippen LogP contribution in [0.25, 0.3) is 10.8 Å². The van der Waals surface area contributed by atoms with Crippen LogP contribution < -0.4 is 0 Å². The van der Waals surface area contributed by atoms with Gasteiger partial charge in [-0.05, 0) is 35.4 Å². The van der Waals surface area contributed by atoms with Gasteiger partial charge in [-0.25, -0.2) is 0 Å². The van der Waals surface area contributed by atoms with E-state index in [1.807, 2.05) is 30.3 Å². The molecule has 3 N–H and O–H groups in total. The largest absolute Gasteiger partial charge is 0.504 e. The first-order valence-corrected chi connectivity index (χ1v) is 6.77. The summed E-state index contributed by atoms with van der Waals surface area (Å²) in [7, 11) is 0. The Morgan fingerprint density at radius 1 is 0.818 bits per heavy atom. The highest BCUT2D eigenvalue weighted by atomic mass is 16.3. The van der Waals surface area contributed by atoms with Crippen LogP contribution in [-0.2, 0) is 0 Å². The fraction of sp³-hybridized carbons (Fsp3) is 0.0556. The number of phenols is 3. The summed E-state index contributed by atoms with van der Waals surface area (Å²) >= 11 is 0. The third-order valence-electron chi connectivity index (χ3n) is 3.69. The number of hydrogen-bond acceptors (Lipinski definition) is 4. The molecule has 0 saturated carbocycles. The van der Waals surface area contributed by atoms with Gasteiger partial charge in [0.25, 0.3) is 0 Å². The molecule has 0 fully saturated rings. The monoisotopic (exact) mass is 294 g/mol. The Labute approximate surface area is 126 Å². The van der Waals surface area contributed by atoms with Crippen LogP contribution in [0, 0.1) is 6.92 Å². The molecule has 0 amide bonds. The molecule has 0 aliphatic rings. The number of fused-ring (bicyclic) bond motifs is 1. The van der Waals surface area contributed by atoms with Crippen molar-refractivity contribution in [1.82, 2.24) is 0 Å². The zero-order chi connectivity index (χ0) is 15.9. The summed E-state index contributed by atoms with van der Waals surface area (Å²) in [6, 6.07) is 14.2. The first kappa shape index (κ1) is 13.9. The van der Waals surface area contributed by atoms with Crippen LogP contribution in [0.3, 0.4) is 0 Å². The zero-order valence-corrected chi connectivity index (χ0v) is 11.9. The lowest BCUT2D eigenvalue weighted by Gasteiger charge is -2.10. The molecule has 0 aromatic heterocycles. The normalized spacial score (nSPS) is 10.8. The fourth-order valence-corrected chi connectivity index (χ4v) is 2.44. The first-order valence-electron chi connectivity index (χ1n) is 6.77. The molecule has 0 heterocycles. The highest BCUT2D eigenvalue weighted by Gasteiger charge is 2.20. The molecule has 0 aliphatic heterocycles. The minimum absolute atomic E-state index is 0.0388. The summed E-state index contributed by atoms with van der Waals surface area (Å²) in [6.45, 7) is 1.55. The van der Waals surface area contributed by atoms with Crippen LogP contribution in [0.4, 0.5) is 0 Å². The molecule has 22 heavy (non-hydrogen) atoms.